The molecule has 52 heavy (non-hydrogen) atoms. The first-order valence-corrected chi connectivity index (χ1v) is 15.2. The smallest absolute Gasteiger partial charge is 0.347 e. The summed E-state index contributed by atoms with van der Waals surface area (Å²) in [5, 5.41) is 0. The molecule has 0 bridgehead atoms. The third kappa shape index (κ3) is 12.1. The highest BCUT2D eigenvalue weighted by atomic mass is 16.5. The van der Waals surface area contributed by atoms with Crippen LogP contribution >= 0.6 is 0 Å². The van der Waals surface area contributed by atoms with Crippen LogP contribution in [0.3, 0.4) is 0 Å². The maximum Gasteiger partial charge on any atom is 0.347 e. The van der Waals surface area contributed by atoms with Crippen LogP contribution in [0.4, 0.5) is 0 Å². The van der Waals surface area contributed by atoms with Crippen LogP contribution in [0, 0.1) is 59.9 Å². The summed E-state index contributed by atoms with van der Waals surface area (Å²) in [6.45, 7) is 20.2. The summed E-state index contributed by atoms with van der Waals surface area (Å²) in [5.74, 6) is 14.7. The standard InChI is InChI=1S/C44H30O8/c1-29(2)41(45)49-23-19-34-11-9-33(10-12-34)15-18-37-27-39(22-26-52-44(48)32(7)8)40(28-38(37)21-25-51-43(47)31(5)6)36-16-13-35(14-17-36)20-24-50-42(46)30(3)4/h9-14,16-17,27-28H,1,3,5,7H2,2,4,6,8H3. The molecular weight excluding hydrogens is 656 g/mol. The molecule has 0 aliphatic rings. The number of ether oxygens (including phenoxy) is 4. The van der Waals surface area contributed by atoms with Gasteiger partial charge in [-0.15, -0.1) is 0 Å². The van der Waals surface area contributed by atoms with Gasteiger partial charge in [-0.25, -0.2) is 19.2 Å². The van der Waals surface area contributed by atoms with Crippen molar-refractivity contribution in [3.05, 3.63) is 143 Å². The molecule has 8 nitrogen and oxygen atoms in total. The summed E-state index contributed by atoms with van der Waals surface area (Å²) in [5.41, 5.74) is 5.03. The van der Waals surface area contributed by atoms with E-state index in [4.69, 9.17) is 18.9 Å². The first-order valence-electron chi connectivity index (χ1n) is 15.2. The minimum atomic E-state index is -0.689. The molecule has 3 rings (SSSR count). The lowest BCUT2D eigenvalue weighted by Gasteiger charge is -2.09. The molecule has 0 aliphatic carbocycles. The molecule has 0 saturated carbocycles. The minimum absolute atomic E-state index is 0.171. The molecule has 0 spiro atoms. The molecule has 0 amide bonds. The Labute approximate surface area is 302 Å². The van der Waals surface area contributed by atoms with E-state index < -0.39 is 23.9 Å². The van der Waals surface area contributed by atoms with Gasteiger partial charge in [-0.2, -0.15) is 0 Å². The van der Waals surface area contributed by atoms with Crippen LogP contribution in [-0.4, -0.2) is 23.9 Å². The molecule has 254 valence electrons. The van der Waals surface area contributed by atoms with Crippen molar-refractivity contribution in [2.24, 2.45) is 0 Å². The van der Waals surface area contributed by atoms with Crippen molar-refractivity contribution in [3.63, 3.8) is 0 Å². The zero-order valence-corrected chi connectivity index (χ0v) is 28.9. The third-order valence-electron chi connectivity index (χ3n) is 6.31. The van der Waals surface area contributed by atoms with Crippen molar-refractivity contribution in [2.45, 2.75) is 27.7 Å². The molecule has 0 aromatic heterocycles. The van der Waals surface area contributed by atoms with E-state index >= 15 is 0 Å². The number of hydrogen-bond acceptors (Lipinski definition) is 8. The van der Waals surface area contributed by atoms with Gasteiger partial charge in [-0.1, -0.05) is 50.3 Å². The molecule has 3 aromatic rings. The number of esters is 4. The zero-order chi connectivity index (χ0) is 38.2. The second kappa shape index (κ2) is 18.7. The van der Waals surface area contributed by atoms with Gasteiger partial charge in [0.2, 0.25) is 0 Å². The molecule has 0 N–H and O–H groups in total. The number of rotatable bonds is 5. The van der Waals surface area contributed by atoms with Gasteiger partial charge in [0.05, 0.1) is 0 Å². The molecule has 0 atom stereocenters. The van der Waals surface area contributed by atoms with E-state index in [2.05, 4.69) is 86.3 Å². The van der Waals surface area contributed by atoms with Crippen LogP contribution in [0.5, 0.6) is 0 Å². The Morgan fingerprint density at radius 1 is 0.423 bits per heavy atom. The van der Waals surface area contributed by atoms with Crippen LogP contribution in [0.1, 0.15) is 61.1 Å². The molecule has 0 fully saturated rings. The number of hydrogen-bond donors (Lipinski definition) is 0. The number of carbonyl (C=O) groups is 4. The molecule has 0 heterocycles. The van der Waals surface area contributed by atoms with Crippen LogP contribution < -0.4 is 0 Å². The summed E-state index contributed by atoms with van der Waals surface area (Å²) in [6, 6.07) is 17.2. The Kier molecular flexibility index (Phi) is 14.0. The van der Waals surface area contributed by atoms with Crippen molar-refractivity contribution < 1.29 is 38.1 Å². The van der Waals surface area contributed by atoms with Crippen molar-refractivity contribution in [1.29, 1.82) is 0 Å². The summed E-state index contributed by atoms with van der Waals surface area (Å²) < 4.78 is 19.7. The average Bonchev–Trinajstić information content (AvgIpc) is 3.11. The average molecular weight is 687 g/mol. The normalized spacial score (nSPS) is 9.00. The van der Waals surface area contributed by atoms with Crippen LogP contribution in [0.25, 0.3) is 11.1 Å². The molecule has 0 unspecified atom stereocenters. The number of benzene rings is 3. The predicted octanol–water partition coefficient (Wildman–Crippen LogP) is 6.47. The lowest BCUT2D eigenvalue weighted by Crippen LogP contribution is -2.00. The van der Waals surface area contributed by atoms with Gasteiger partial charge in [0, 0.05) is 55.7 Å². The SMILES string of the molecule is C=C(C)C(=O)OC#Cc1ccc(C#Cc2cc(C#COC(=O)C(=C)C)c(-c3ccc(C#COC(=O)C(=C)C)cc3)cc2C#COC(=O)C(=C)C)cc1. The van der Waals surface area contributed by atoms with E-state index in [1.54, 1.807) is 60.7 Å². The van der Waals surface area contributed by atoms with E-state index in [-0.39, 0.29) is 22.3 Å². The molecule has 8 heteroatoms. The van der Waals surface area contributed by atoms with Gasteiger partial charge < -0.3 is 18.9 Å². The van der Waals surface area contributed by atoms with Crippen LogP contribution in [-0.2, 0) is 38.1 Å². The van der Waals surface area contributed by atoms with Crippen molar-refractivity contribution in [1.82, 2.24) is 0 Å². The third-order valence-corrected chi connectivity index (χ3v) is 6.31. The lowest BCUT2D eigenvalue weighted by atomic mass is 9.93. The van der Waals surface area contributed by atoms with E-state index in [1.165, 1.54) is 27.7 Å². The fourth-order valence-corrected chi connectivity index (χ4v) is 3.52. The van der Waals surface area contributed by atoms with Crippen molar-refractivity contribution >= 4 is 23.9 Å². The predicted molar refractivity (Wildman–Crippen MR) is 195 cm³/mol. The van der Waals surface area contributed by atoms with Gasteiger partial charge in [-0.05, 0) is 111 Å². The summed E-state index contributed by atoms with van der Waals surface area (Å²) >= 11 is 0. The first kappa shape index (κ1) is 38.7. The van der Waals surface area contributed by atoms with Gasteiger partial charge in [0.25, 0.3) is 0 Å². The minimum Gasteiger partial charge on any atom is -0.368 e. The van der Waals surface area contributed by atoms with E-state index in [1.807, 2.05) is 0 Å². The first-order chi connectivity index (χ1) is 24.7. The Morgan fingerprint density at radius 2 is 0.750 bits per heavy atom. The largest absolute Gasteiger partial charge is 0.368 e. The number of carbonyl (C=O) groups excluding carboxylic acids is 4. The Morgan fingerprint density at radius 3 is 1.15 bits per heavy atom. The summed E-state index contributed by atoms with van der Waals surface area (Å²) in [7, 11) is 0. The highest BCUT2D eigenvalue weighted by Crippen LogP contribution is 2.27. The topological polar surface area (TPSA) is 105 Å². The summed E-state index contributed by atoms with van der Waals surface area (Å²) in [6.07, 6.45) is 9.55. The molecule has 0 saturated heterocycles. The monoisotopic (exact) mass is 686 g/mol. The Bertz CT molecular complexity index is 2330. The van der Waals surface area contributed by atoms with E-state index in [0.717, 1.165) is 0 Å². The van der Waals surface area contributed by atoms with Crippen LogP contribution in [0.15, 0.2) is 109 Å². The molecule has 0 radical (unpaired) electrons. The lowest BCUT2D eigenvalue weighted by molar-refractivity contribution is -0.133. The molecule has 3 aromatic carbocycles. The van der Waals surface area contributed by atoms with Crippen molar-refractivity contribution in [2.75, 3.05) is 0 Å². The van der Waals surface area contributed by atoms with Gasteiger partial charge in [-0.3, -0.25) is 0 Å². The quantitative estimate of drug-likeness (QED) is 0.130. The Hall–Kier alpha value is -7.70. The maximum atomic E-state index is 12.0. The Balaban J connectivity index is 2.12. The fraction of sp³-hybridized carbons (Fsp3) is 0.0909. The fourth-order valence-electron chi connectivity index (χ4n) is 3.52. The zero-order valence-electron chi connectivity index (χ0n) is 28.9. The van der Waals surface area contributed by atoms with Gasteiger partial charge in [0.1, 0.15) is 24.4 Å². The second-order valence-electron chi connectivity index (χ2n) is 10.9. The van der Waals surface area contributed by atoms with E-state index in [9.17, 15) is 19.2 Å². The maximum absolute atomic E-state index is 12.0. The highest BCUT2D eigenvalue weighted by Gasteiger charge is 2.11. The second-order valence-corrected chi connectivity index (χ2v) is 10.9. The van der Waals surface area contributed by atoms with Gasteiger partial charge in [0.15, 0.2) is 0 Å². The van der Waals surface area contributed by atoms with Gasteiger partial charge >= 0.3 is 23.9 Å². The highest BCUT2D eigenvalue weighted by molar-refractivity contribution is 5.89. The van der Waals surface area contributed by atoms with Crippen LogP contribution in [0.2, 0.25) is 0 Å². The van der Waals surface area contributed by atoms with E-state index in [0.29, 0.717) is 44.5 Å². The molecule has 0 aliphatic heterocycles. The molecular formula is C44H30O8. The van der Waals surface area contributed by atoms with Crippen molar-refractivity contribution in [3.8, 4) is 71.1 Å². The summed E-state index contributed by atoms with van der Waals surface area (Å²) in [4.78, 5) is 47.3.